The topological polar surface area (TPSA) is 20.2 Å². The second kappa shape index (κ2) is 3.46. The lowest BCUT2D eigenvalue weighted by atomic mass is 9.90. The maximum Gasteiger partial charge on any atom is 0.0659 e. The zero-order chi connectivity index (χ0) is 12.2. The van der Waals surface area contributed by atoms with Gasteiger partial charge in [-0.25, -0.2) is 0 Å². The van der Waals surface area contributed by atoms with Crippen LogP contribution in [0.5, 0.6) is 0 Å². The summed E-state index contributed by atoms with van der Waals surface area (Å²) in [5.41, 5.74) is 5.08. The lowest BCUT2D eigenvalue weighted by molar-refractivity contribution is 0.135. The molecule has 0 aliphatic heterocycles. The van der Waals surface area contributed by atoms with Crippen LogP contribution in [0.2, 0.25) is 0 Å². The fourth-order valence-electron chi connectivity index (χ4n) is 3.21. The minimum atomic E-state index is -0.394. The van der Waals surface area contributed by atoms with Gasteiger partial charge >= 0.3 is 0 Å². The molecule has 0 amide bonds. The molecule has 0 atom stereocenters. The third kappa shape index (κ3) is 1.44. The minimum absolute atomic E-state index is 0.380. The fraction of sp³-hybridized carbons (Fsp3) is 0.294. The van der Waals surface area contributed by atoms with Crippen molar-refractivity contribution in [1.82, 2.24) is 0 Å². The third-order valence-corrected chi connectivity index (χ3v) is 4.37. The van der Waals surface area contributed by atoms with Gasteiger partial charge in [0, 0.05) is 5.92 Å². The lowest BCUT2D eigenvalue weighted by Gasteiger charge is -2.17. The predicted molar refractivity (Wildman–Crippen MR) is 72.5 cm³/mol. The molecule has 18 heavy (non-hydrogen) atoms. The average molecular weight is 236 g/mol. The van der Waals surface area contributed by atoms with Gasteiger partial charge in [-0.3, -0.25) is 0 Å². The highest BCUT2D eigenvalue weighted by atomic mass is 16.3. The van der Waals surface area contributed by atoms with Crippen molar-refractivity contribution >= 4 is 0 Å². The van der Waals surface area contributed by atoms with Crippen LogP contribution in [0.1, 0.15) is 36.3 Å². The molecule has 4 rings (SSSR count). The van der Waals surface area contributed by atoms with Crippen molar-refractivity contribution in [3.8, 4) is 11.1 Å². The normalized spacial score (nSPS) is 19.4. The van der Waals surface area contributed by atoms with Gasteiger partial charge in [-0.1, -0.05) is 48.5 Å². The largest absolute Gasteiger partial charge is 0.390 e. The Morgan fingerprint density at radius 2 is 1.39 bits per heavy atom. The van der Waals surface area contributed by atoms with Crippen molar-refractivity contribution in [3.63, 3.8) is 0 Å². The molecule has 1 N–H and O–H groups in total. The van der Waals surface area contributed by atoms with E-state index >= 15 is 0 Å². The number of aliphatic hydroxyl groups is 1. The molecule has 1 saturated carbocycles. The molecule has 1 nitrogen and oxygen atoms in total. The van der Waals surface area contributed by atoms with Gasteiger partial charge in [-0.2, -0.15) is 0 Å². The number of rotatable bonds is 2. The molecule has 0 radical (unpaired) electrons. The van der Waals surface area contributed by atoms with Crippen molar-refractivity contribution in [2.45, 2.75) is 30.8 Å². The van der Waals surface area contributed by atoms with E-state index < -0.39 is 5.60 Å². The maximum absolute atomic E-state index is 10.2. The molecule has 1 fully saturated rings. The van der Waals surface area contributed by atoms with Crippen LogP contribution in [0.3, 0.4) is 0 Å². The molecule has 0 spiro atoms. The summed E-state index contributed by atoms with van der Waals surface area (Å²) >= 11 is 0. The first-order valence-electron chi connectivity index (χ1n) is 6.67. The van der Waals surface area contributed by atoms with Crippen LogP contribution in [0.25, 0.3) is 11.1 Å². The standard InChI is InChI=1S/C17H16O/c18-17(9-10-17)11-16-14-7-3-1-5-12(14)13-6-2-4-8-15(13)16/h1-8,16,18H,9-11H2. The van der Waals surface area contributed by atoms with Gasteiger partial charge in [0.05, 0.1) is 5.60 Å². The number of hydrogen-bond donors (Lipinski definition) is 1. The molecule has 1 heteroatoms. The van der Waals surface area contributed by atoms with Crippen LogP contribution in [0, 0.1) is 0 Å². The number of benzene rings is 2. The Morgan fingerprint density at radius 1 is 0.889 bits per heavy atom. The second-order valence-electron chi connectivity index (χ2n) is 5.66. The molecule has 0 bridgehead atoms. The van der Waals surface area contributed by atoms with Crippen LogP contribution < -0.4 is 0 Å². The van der Waals surface area contributed by atoms with Crippen molar-refractivity contribution in [1.29, 1.82) is 0 Å². The minimum Gasteiger partial charge on any atom is -0.390 e. The second-order valence-corrected chi connectivity index (χ2v) is 5.66. The number of hydrogen-bond acceptors (Lipinski definition) is 1. The van der Waals surface area contributed by atoms with Gasteiger partial charge < -0.3 is 5.11 Å². The van der Waals surface area contributed by atoms with E-state index in [2.05, 4.69) is 48.5 Å². The Kier molecular flexibility index (Phi) is 1.98. The van der Waals surface area contributed by atoms with Crippen LogP contribution in [0.15, 0.2) is 48.5 Å². The van der Waals surface area contributed by atoms with Gasteiger partial charge in [-0.05, 0) is 41.5 Å². The average Bonchev–Trinajstić information content (AvgIpc) is 3.06. The zero-order valence-corrected chi connectivity index (χ0v) is 10.3. The van der Waals surface area contributed by atoms with Crippen LogP contribution in [-0.2, 0) is 0 Å². The van der Waals surface area contributed by atoms with Gasteiger partial charge in [0.15, 0.2) is 0 Å². The molecule has 2 aromatic carbocycles. The van der Waals surface area contributed by atoms with E-state index in [0.717, 1.165) is 19.3 Å². The Labute approximate surface area is 107 Å². The summed E-state index contributed by atoms with van der Waals surface area (Å²) in [6, 6.07) is 17.2. The SMILES string of the molecule is OC1(CC2c3ccccc3-c3ccccc32)CC1. The predicted octanol–water partition coefficient (Wildman–Crippen LogP) is 3.71. The monoisotopic (exact) mass is 236 g/mol. The van der Waals surface area contributed by atoms with E-state index in [1.165, 1.54) is 22.3 Å². The van der Waals surface area contributed by atoms with E-state index in [-0.39, 0.29) is 0 Å². The molecule has 0 heterocycles. The Balaban J connectivity index is 1.87. The summed E-state index contributed by atoms with van der Waals surface area (Å²) in [6.45, 7) is 0. The van der Waals surface area contributed by atoms with E-state index in [4.69, 9.17) is 0 Å². The van der Waals surface area contributed by atoms with E-state index in [1.54, 1.807) is 0 Å². The Hall–Kier alpha value is -1.60. The molecule has 2 aromatic rings. The molecule has 2 aliphatic carbocycles. The molecule has 0 unspecified atom stereocenters. The summed E-state index contributed by atoms with van der Waals surface area (Å²) in [6.07, 6.45) is 2.81. The fourth-order valence-corrected chi connectivity index (χ4v) is 3.21. The Morgan fingerprint density at radius 3 is 1.89 bits per heavy atom. The summed E-state index contributed by atoms with van der Waals surface area (Å²) in [7, 11) is 0. The van der Waals surface area contributed by atoms with Crippen LogP contribution >= 0.6 is 0 Å². The van der Waals surface area contributed by atoms with E-state index in [0.29, 0.717) is 5.92 Å². The maximum atomic E-state index is 10.2. The molecule has 0 aromatic heterocycles. The third-order valence-electron chi connectivity index (χ3n) is 4.37. The summed E-state index contributed by atoms with van der Waals surface area (Å²) in [4.78, 5) is 0. The number of fused-ring (bicyclic) bond motifs is 3. The first-order chi connectivity index (χ1) is 8.77. The highest BCUT2D eigenvalue weighted by Crippen LogP contribution is 2.52. The molecule has 2 aliphatic rings. The summed E-state index contributed by atoms with van der Waals surface area (Å²) in [5, 5.41) is 10.2. The van der Waals surface area contributed by atoms with Crippen molar-refractivity contribution in [2.24, 2.45) is 0 Å². The molecule has 0 saturated heterocycles. The van der Waals surface area contributed by atoms with Crippen LogP contribution in [-0.4, -0.2) is 10.7 Å². The zero-order valence-electron chi connectivity index (χ0n) is 10.3. The van der Waals surface area contributed by atoms with Crippen molar-refractivity contribution in [3.05, 3.63) is 59.7 Å². The van der Waals surface area contributed by atoms with Crippen LogP contribution in [0.4, 0.5) is 0 Å². The van der Waals surface area contributed by atoms with Gasteiger partial charge in [0.1, 0.15) is 0 Å². The summed E-state index contributed by atoms with van der Waals surface area (Å²) in [5.74, 6) is 0.380. The smallest absolute Gasteiger partial charge is 0.0659 e. The molecular formula is C17H16O. The van der Waals surface area contributed by atoms with E-state index in [1.807, 2.05) is 0 Å². The summed E-state index contributed by atoms with van der Waals surface area (Å²) < 4.78 is 0. The van der Waals surface area contributed by atoms with Crippen molar-refractivity contribution in [2.75, 3.05) is 0 Å². The molecular weight excluding hydrogens is 220 g/mol. The lowest BCUT2D eigenvalue weighted by Crippen LogP contribution is -2.12. The first kappa shape index (κ1) is 10.3. The van der Waals surface area contributed by atoms with E-state index in [9.17, 15) is 5.11 Å². The van der Waals surface area contributed by atoms with Crippen molar-refractivity contribution < 1.29 is 5.11 Å². The van der Waals surface area contributed by atoms with Gasteiger partial charge in [-0.15, -0.1) is 0 Å². The first-order valence-corrected chi connectivity index (χ1v) is 6.67. The highest BCUT2D eigenvalue weighted by molar-refractivity contribution is 5.78. The Bertz CT molecular complexity index is 565. The molecule has 90 valence electrons. The highest BCUT2D eigenvalue weighted by Gasteiger charge is 2.44. The quantitative estimate of drug-likeness (QED) is 0.842. The van der Waals surface area contributed by atoms with Gasteiger partial charge in [0.2, 0.25) is 0 Å². The van der Waals surface area contributed by atoms with Gasteiger partial charge in [0.25, 0.3) is 0 Å².